The summed E-state index contributed by atoms with van der Waals surface area (Å²) in [5, 5.41) is 5.62. The van der Waals surface area contributed by atoms with E-state index in [4.69, 9.17) is 4.74 Å². The molecule has 0 bridgehead atoms. The smallest absolute Gasteiger partial charge is 0.251 e. The third-order valence-electron chi connectivity index (χ3n) is 5.33. The van der Waals surface area contributed by atoms with E-state index in [1.165, 1.54) is 0 Å². The highest BCUT2D eigenvalue weighted by Gasteiger charge is 2.14. The van der Waals surface area contributed by atoms with Gasteiger partial charge < -0.3 is 20.3 Å². The number of carbonyl (C=O) groups is 2. The SMILES string of the molecule is Cc1ccc(C(=O)NCC(=O)NC(C)c2ccc(N3CCOCC3)cc2)cc1C. The lowest BCUT2D eigenvalue weighted by molar-refractivity contribution is -0.120. The molecule has 1 saturated heterocycles. The van der Waals surface area contributed by atoms with Gasteiger partial charge in [-0.1, -0.05) is 18.2 Å². The Hall–Kier alpha value is -2.86. The Balaban J connectivity index is 1.49. The summed E-state index contributed by atoms with van der Waals surface area (Å²) in [6.45, 7) is 9.14. The van der Waals surface area contributed by atoms with E-state index in [1.807, 2.05) is 45.0 Å². The molecule has 0 saturated carbocycles. The minimum absolute atomic E-state index is 0.0536. The van der Waals surface area contributed by atoms with E-state index < -0.39 is 0 Å². The highest BCUT2D eigenvalue weighted by molar-refractivity contribution is 5.96. The first-order valence-corrected chi connectivity index (χ1v) is 10.0. The number of nitrogens with one attached hydrogen (secondary N) is 2. The van der Waals surface area contributed by atoms with Crippen LogP contribution in [0.2, 0.25) is 0 Å². The standard InChI is InChI=1S/C23H29N3O3/c1-16-4-5-20(14-17(16)2)23(28)24-15-22(27)25-18(3)19-6-8-21(9-7-19)26-10-12-29-13-11-26/h4-9,14,18H,10-13,15H2,1-3H3,(H,24,28)(H,25,27). The summed E-state index contributed by atoms with van der Waals surface area (Å²) in [4.78, 5) is 26.8. The van der Waals surface area contributed by atoms with Gasteiger partial charge in [0.1, 0.15) is 0 Å². The van der Waals surface area contributed by atoms with Gasteiger partial charge in [0, 0.05) is 24.3 Å². The Kier molecular flexibility index (Phi) is 6.88. The maximum absolute atomic E-state index is 12.3. The monoisotopic (exact) mass is 395 g/mol. The number of benzene rings is 2. The van der Waals surface area contributed by atoms with E-state index in [9.17, 15) is 9.59 Å². The van der Waals surface area contributed by atoms with Gasteiger partial charge in [0.2, 0.25) is 5.91 Å². The molecule has 29 heavy (non-hydrogen) atoms. The number of carbonyl (C=O) groups excluding carboxylic acids is 2. The molecule has 0 aromatic heterocycles. The Bertz CT molecular complexity index is 858. The van der Waals surface area contributed by atoms with Crippen LogP contribution in [-0.2, 0) is 9.53 Å². The number of hydrogen-bond donors (Lipinski definition) is 2. The molecule has 154 valence electrons. The molecule has 0 aliphatic carbocycles. The Morgan fingerprint density at radius 3 is 2.38 bits per heavy atom. The zero-order valence-corrected chi connectivity index (χ0v) is 17.3. The molecule has 2 aromatic rings. The van der Waals surface area contributed by atoms with Crippen molar-refractivity contribution in [3.63, 3.8) is 0 Å². The molecule has 1 unspecified atom stereocenters. The lowest BCUT2D eigenvalue weighted by Gasteiger charge is -2.29. The van der Waals surface area contributed by atoms with Crippen LogP contribution in [-0.4, -0.2) is 44.7 Å². The summed E-state index contributed by atoms with van der Waals surface area (Å²) in [5.41, 5.74) is 4.93. The van der Waals surface area contributed by atoms with Crippen molar-refractivity contribution in [2.75, 3.05) is 37.7 Å². The summed E-state index contributed by atoms with van der Waals surface area (Å²) in [7, 11) is 0. The normalized spacial score (nSPS) is 14.9. The second kappa shape index (κ2) is 9.56. The van der Waals surface area contributed by atoms with Gasteiger partial charge in [-0.3, -0.25) is 9.59 Å². The number of morpholine rings is 1. The maximum atomic E-state index is 12.3. The lowest BCUT2D eigenvalue weighted by Crippen LogP contribution is -2.38. The first-order chi connectivity index (χ1) is 13.9. The average molecular weight is 396 g/mol. The molecule has 1 atom stereocenters. The predicted molar refractivity (Wildman–Crippen MR) is 114 cm³/mol. The van der Waals surface area contributed by atoms with Gasteiger partial charge in [0.05, 0.1) is 25.8 Å². The molecule has 2 amide bonds. The molecule has 1 aliphatic heterocycles. The minimum atomic E-state index is -0.245. The summed E-state index contributed by atoms with van der Waals surface area (Å²) < 4.78 is 5.39. The molecule has 6 nitrogen and oxygen atoms in total. The van der Waals surface area contributed by atoms with Crippen LogP contribution >= 0.6 is 0 Å². The van der Waals surface area contributed by atoms with Crippen molar-refractivity contribution < 1.29 is 14.3 Å². The molecule has 1 aliphatic rings. The predicted octanol–water partition coefficient (Wildman–Crippen LogP) is 2.75. The fraction of sp³-hybridized carbons (Fsp3) is 0.391. The summed E-state index contributed by atoms with van der Waals surface area (Å²) in [6.07, 6.45) is 0. The molecule has 3 rings (SSSR count). The molecule has 2 aromatic carbocycles. The second-order valence-corrected chi connectivity index (χ2v) is 7.46. The number of anilines is 1. The van der Waals surface area contributed by atoms with Crippen LogP contribution in [0.4, 0.5) is 5.69 Å². The van der Waals surface area contributed by atoms with Crippen molar-refractivity contribution in [2.24, 2.45) is 0 Å². The molecule has 2 N–H and O–H groups in total. The van der Waals surface area contributed by atoms with Gasteiger partial charge in [0.25, 0.3) is 5.91 Å². The quantitative estimate of drug-likeness (QED) is 0.789. The number of hydrogen-bond acceptors (Lipinski definition) is 4. The van der Waals surface area contributed by atoms with Crippen molar-refractivity contribution in [1.29, 1.82) is 0 Å². The third-order valence-corrected chi connectivity index (χ3v) is 5.33. The summed E-state index contributed by atoms with van der Waals surface area (Å²) >= 11 is 0. The first-order valence-electron chi connectivity index (χ1n) is 10.0. The molecular formula is C23H29N3O3. The van der Waals surface area contributed by atoms with Gasteiger partial charge in [-0.2, -0.15) is 0 Å². The van der Waals surface area contributed by atoms with Crippen LogP contribution in [0.25, 0.3) is 0 Å². The lowest BCUT2D eigenvalue weighted by atomic mass is 10.1. The number of rotatable bonds is 6. The van der Waals surface area contributed by atoms with Crippen molar-refractivity contribution in [3.05, 3.63) is 64.7 Å². The Morgan fingerprint density at radius 1 is 1.03 bits per heavy atom. The maximum Gasteiger partial charge on any atom is 0.251 e. The molecule has 6 heteroatoms. The van der Waals surface area contributed by atoms with Crippen molar-refractivity contribution in [3.8, 4) is 0 Å². The van der Waals surface area contributed by atoms with Crippen molar-refractivity contribution >= 4 is 17.5 Å². The zero-order valence-electron chi connectivity index (χ0n) is 17.3. The Morgan fingerprint density at radius 2 is 1.72 bits per heavy atom. The van der Waals surface area contributed by atoms with E-state index in [-0.39, 0.29) is 24.4 Å². The largest absolute Gasteiger partial charge is 0.378 e. The van der Waals surface area contributed by atoms with Gasteiger partial charge in [-0.05, 0) is 61.7 Å². The van der Waals surface area contributed by atoms with E-state index in [1.54, 1.807) is 6.07 Å². The van der Waals surface area contributed by atoms with E-state index in [0.717, 1.165) is 48.7 Å². The number of nitrogens with zero attached hydrogens (tertiary/aromatic N) is 1. The van der Waals surface area contributed by atoms with Crippen molar-refractivity contribution in [1.82, 2.24) is 10.6 Å². The van der Waals surface area contributed by atoms with Crippen molar-refractivity contribution in [2.45, 2.75) is 26.8 Å². The van der Waals surface area contributed by atoms with Crippen LogP contribution in [0.5, 0.6) is 0 Å². The molecule has 1 heterocycles. The van der Waals surface area contributed by atoms with Crippen LogP contribution in [0.3, 0.4) is 0 Å². The molecule has 0 spiro atoms. The highest BCUT2D eigenvalue weighted by atomic mass is 16.5. The van der Waals surface area contributed by atoms with E-state index in [2.05, 4.69) is 27.7 Å². The van der Waals surface area contributed by atoms with Gasteiger partial charge in [-0.25, -0.2) is 0 Å². The van der Waals surface area contributed by atoms with Crippen LogP contribution in [0, 0.1) is 13.8 Å². The summed E-state index contributed by atoms with van der Waals surface area (Å²) in [6, 6.07) is 13.6. The molecule has 0 radical (unpaired) electrons. The first kappa shape index (κ1) is 20.9. The second-order valence-electron chi connectivity index (χ2n) is 7.46. The summed E-state index contributed by atoms with van der Waals surface area (Å²) in [5.74, 6) is -0.460. The number of amides is 2. The fourth-order valence-electron chi connectivity index (χ4n) is 3.32. The van der Waals surface area contributed by atoms with Crippen LogP contribution in [0.15, 0.2) is 42.5 Å². The van der Waals surface area contributed by atoms with Gasteiger partial charge in [-0.15, -0.1) is 0 Å². The fourth-order valence-corrected chi connectivity index (χ4v) is 3.32. The zero-order chi connectivity index (χ0) is 20.8. The van der Waals surface area contributed by atoms with E-state index >= 15 is 0 Å². The third kappa shape index (κ3) is 5.57. The molecule has 1 fully saturated rings. The average Bonchev–Trinajstić information content (AvgIpc) is 2.74. The number of ether oxygens (including phenoxy) is 1. The number of aryl methyl sites for hydroxylation is 2. The van der Waals surface area contributed by atoms with Crippen LogP contribution in [0.1, 0.15) is 40.0 Å². The topological polar surface area (TPSA) is 70.7 Å². The highest BCUT2D eigenvalue weighted by Crippen LogP contribution is 2.20. The Labute approximate surface area is 172 Å². The van der Waals surface area contributed by atoms with Crippen LogP contribution < -0.4 is 15.5 Å². The van der Waals surface area contributed by atoms with Gasteiger partial charge in [0.15, 0.2) is 0 Å². The van der Waals surface area contributed by atoms with E-state index in [0.29, 0.717) is 5.56 Å². The van der Waals surface area contributed by atoms with Gasteiger partial charge >= 0.3 is 0 Å². The molecular weight excluding hydrogens is 366 g/mol. The minimum Gasteiger partial charge on any atom is -0.378 e.